The summed E-state index contributed by atoms with van der Waals surface area (Å²) in [5.74, 6) is 0.605. The van der Waals surface area contributed by atoms with Gasteiger partial charge in [0.05, 0.1) is 29.4 Å². The summed E-state index contributed by atoms with van der Waals surface area (Å²) in [6.07, 6.45) is 0.187. The number of carbonyl (C=O) groups is 1. The molecule has 0 bridgehead atoms. The summed E-state index contributed by atoms with van der Waals surface area (Å²) in [6, 6.07) is 5.59. The van der Waals surface area contributed by atoms with Gasteiger partial charge in [-0.15, -0.1) is 11.3 Å². The van der Waals surface area contributed by atoms with Crippen LogP contribution in [0.3, 0.4) is 0 Å². The molecule has 0 saturated heterocycles. The number of nitrogens with two attached hydrogens (primary N) is 1. The average molecular weight is 320 g/mol. The minimum atomic E-state index is -0.161. The van der Waals surface area contributed by atoms with E-state index in [1.54, 1.807) is 12.5 Å². The molecule has 2 aromatic heterocycles. The van der Waals surface area contributed by atoms with Crippen molar-refractivity contribution < 1.29 is 9.53 Å². The lowest BCUT2D eigenvalue weighted by atomic mass is 10.3. The Hall–Kier alpha value is -2.19. The number of methoxy groups -OCH3 is 1. The van der Waals surface area contributed by atoms with E-state index in [-0.39, 0.29) is 12.3 Å². The molecule has 0 aliphatic carbocycles. The number of thiazole rings is 2. The quantitative estimate of drug-likeness (QED) is 0.771. The van der Waals surface area contributed by atoms with Gasteiger partial charge in [0.1, 0.15) is 5.75 Å². The number of hydrogen-bond donors (Lipinski definition) is 2. The van der Waals surface area contributed by atoms with E-state index in [0.717, 1.165) is 16.0 Å². The van der Waals surface area contributed by atoms with E-state index >= 15 is 0 Å². The van der Waals surface area contributed by atoms with Crippen molar-refractivity contribution in [1.29, 1.82) is 0 Å². The fourth-order valence-electron chi connectivity index (χ4n) is 1.82. The van der Waals surface area contributed by atoms with Gasteiger partial charge in [-0.25, -0.2) is 9.97 Å². The molecule has 0 saturated carbocycles. The smallest absolute Gasteiger partial charge is 0.232 e. The molecule has 0 unspecified atom stereocenters. The predicted molar refractivity (Wildman–Crippen MR) is 85.0 cm³/mol. The third-order valence-corrected chi connectivity index (χ3v) is 4.41. The second-order valence-corrected chi connectivity index (χ2v) is 6.18. The second-order valence-electron chi connectivity index (χ2n) is 4.25. The molecule has 0 fully saturated rings. The van der Waals surface area contributed by atoms with Crippen LogP contribution in [-0.2, 0) is 11.2 Å². The molecule has 0 spiro atoms. The van der Waals surface area contributed by atoms with Crippen LogP contribution in [0.5, 0.6) is 5.75 Å². The summed E-state index contributed by atoms with van der Waals surface area (Å²) in [6.45, 7) is 0. The van der Waals surface area contributed by atoms with Crippen molar-refractivity contribution >= 4 is 49.1 Å². The largest absolute Gasteiger partial charge is 0.497 e. The highest BCUT2D eigenvalue weighted by Gasteiger charge is 2.10. The molecular formula is C13H12N4O2S2. The lowest BCUT2D eigenvalue weighted by Gasteiger charge is -1.98. The zero-order valence-corrected chi connectivity index (χ0v) is 12.8. The van der Waals surface area contributed by atoms with E-state index in [2.05, 4.69) is 15.3 Å². The van der Waals surface area contributed by atoms with Gasteiger partial charge in [0, 0.05) is 5.38 Å². The zero-order valence-electron chi connectivity index (χ0n) is 11.1. The van der Waals surface area contributed by atoms with Crippen LogP contribution in [0.15, 0.2) is 23.6 Å². The fraction of sp³-hybridized carbons (Fsp3) is 0.154. The van der Waals surface area contributed by atoms with Crippen LogP contribution < -0.4 is 15.8 Å². The molecule has 21 heavy (non-hydrogen) atoms. The number of fused-ring (bicyclic) bond motifs is 1. The first-order valence-electron chi connectivity index (χ1n) is 6.08. The molecule has 0 aliphatic heterocycles. The topological polar surface area (TPSA) is 90.1 Å². The molecule has 108 valence electrons. The average Bonchev–Trinajstić information content (AvgIpc) is 3.03. The summed E-state index contributed by atoms with van der Waals surface area (Å²) in [4.78, 5) is 20.4. The number of nitrogens with one attached hydrogen (secondary N) is 1. The summed E-state index contributed by atoms with van der Waals surface area (Å²) in [5.41, 5.74) is 7.03. The van der Waals surface area contributed by atoms with Crippen molar-refractivity contribution in [3.63, 3.8) is 0 Å². The minimum Gasteiger partial charge on any atom is -0.497 e. The van der Waals surface area contributed by atoms with Crippen molar-refractivity contribution in [1.82, 2.24) is 9.97 Å². The van der Waals surface area contributed by atoms with Crippen LogP contribution in [0.25, 0.3) is 10.2 Å². The first kappa shape index (κ1) is 13.8. The van der Waals surface area contributed by atoms with Gasteiger partial charge in [0.25, 0.3) is 0 Å². The van der Waals surface area contributed by atoms with Gasteiger partial charge in [-0.05, 0) is 18.2 Å². The van der Waals surface area contributed by atoms with E-state index < -0.39 is 0 Å². The Morgan fingerprint density at radius 3 is 3.00 bits per heavy atom. The van der Waals surface area contributed by atoms with E-state index in [9.17, 15) is 4.79 Å². The van der Waals surface area contributed by atoms with Gasteiger partial charge in [-0.2, -0.15) is 0 Å². The highest BCUT2D eigenvalue weighted by atomic mass is 32.1. The van der Waals surface area contributed by atoms with Crippen LogP contribution in [-0.4, -0.2) is 23.0 Å². The number of benzene rings is 1. The lowest BCUT2D eigenvalue weighted by Crippen LogP contribution is -2.14. The molecule has 0 aliphatic rings. The fourth-order valence-corrected chi connectivity index (χ4v) is 3.29. The Kier molecular flexibility index (Phi) is 3.72. The van der Waals surface area contributed by atoms with Crippen LogP contribution >= 0.6 is 22.7 Å². The van der Waals surface area contributed by atoms with Gasteiger partial charge >= 0.3 is 0 Å². The highest BCUT2D eigenvalue weighted by molar-refractivity contribution is 7.22. The predicted octanol–water partition coefficient (Wildman–Crippen LogP) is 2.52. The summed E-state index contributed by atoms with van der Waals surface area (Å²) in [5, 5.41) is 5.58. The van der Waals surface area contributed by atoms with Crippen molar-refractivity contribution in [2.45, 2.75) is 6.42 Å². The molecule has 1 amide bonds. The van der Waals surface area contributed by atoms with Crippen LogP contribution in [0.4, 0.5) is 10.3 Å². The molecule has 6 nitrogen and oxygen atoms in total. The van der Waals surface area contributed by atoms with E-state index in [1.807, 2.05) is 18.2 Å². The highest BCUT2D eigenvalue weighted by Crippen LogP contribution is 2.29. The maximum atomic E-state index is 11.9. The minimum absolute atomic E-state index is 0.161. The number of anilines is 2. The van der Waals surface area contributed by atoms with E-state index in [1.165, 1.54) is 22.7 Å². The number of aromatic nitrogens is 2. The number of carbonyl (C=O) groups excluding carboxylic acids is 1. The second kappa shape index (κ2) is 5.66. The molecule has 0 radical (unpaired) electrons. The summed E-state index contributed by atoms with van der Waals surface area (Å²) in [7, 11) is 1.62. The Bertz CT molecular complexity index is 796. The maximum Gasteiger partial charge on any atom is 0.232 e. The molecule has 3 N–H and O–H groups in total. The third kappa shape index (κ3) is 3.11. The van der Waals surface area contributed by atoms with Gasteiger partial charge in [0.2, 0.25) is 5.91 Å². The number of nitrogens with zero attached hydrogens (tertiary/aromatic N) is 2. The zero-order chi connectivity index (χ0) is 14.8. The first-order valence-corrected chi connectivity index (χ1v) is 7.78. The standard InChI is InChI=1S/C13H12N4O2S2/c1-19-8-2-3-9-10(5-8)21-13(16-9)17-11(18)4-7-6-20-12(14)15-7/h2-3,5-6H,4H2,1H3,(H2,14,15)(H,16,17,18). The Morgan fingerprint density at radius 1 is 1.43 bits per heavy atom. The SMILES string of the molecule is COc1ccc2nc(NC(=O)Cc3csc(N)n3)sc2c1. The molecule has 3 aromatic rings. The van der Waals surface area contributed by atoms with Gasteiger partial charge in [-0.3, -0.25) is 4.79 Å². The number of rotatable bonds is 4. The molecule has 1 aromatic carbocycles. The molecule has 8 heteroatoms. The van der Waals surface area contributed by atoms with Crippen molar-refractivity contribution in [3.8, 4) is 5.75 Å². The molecular weight excluding hydrogens is 308 g/mol. The number of nitrogen functional groups attached to an aromatic ring is 1. The monoisotopic (exact) mass is 320 g/mol. The normalized spacial score (nSPS) is 10.7. The van der Waals surface area contributed by atoms with Crippen molar-refractivity contribution in [2.24, 2.45) is 0 Å². The van der Waals surface area contributed by atoms with E-state index in [0.29, 0.717) is 16.0 Å². The van der Waals surface area contributed by atoms with Crippen molar-refractivity contribution in [2.75, 3.05) is 18.2 Å². The first-order chi connectivity index (χ1) is 10.1. The molecule has 2 heterocycles. The Morgan fingerprint density at radius 2 is 2.29 bits per heavy atom. The van der Waals surface area contributed by atoms with Crippen LogP contribution in [0.2, 0.25) is 0 Å². The van der Waals surface area contributed by atoms with E-state index in [4.69, 9.17) is 10.5 Å². The Balaban J connectivity index is 1.73. The molecule has 3 rings (SSSR count). The van der Waals surface area contributed by atoms with Gasteiger partial charge in [0.15, 0.2) is 10.3 Å². The summed E-state index contributed by atoms with van der Waals surface area (Å²) >= 11 is 2.73. The summed E-state index contributed by atoms with van der Waals surface area (Å²) < 4.78 is 6.13. The number of ether oxygens (including phenoxy) is 1. The lowest BCUT2D eigenvalue weighted by molar-refractivity contribution is -0.115. The molecule has 0 atom stereocenters. The number of amides is 1. The van der Waals surface area contributed by atoms with Crippen molar-refractivity contribution in [3.05, 3.63) is 29.3 Å². The van der Waals surface area contributed by atoms with Gasteiger partial charge < -0.3 is 15.8 Å². The third-order valence-electron chi connectivity index (χ3n) is 2.75. The van der Waals surface area contributed by atoms with Crippen LogP contribution in [0, 0.1) is 0 Å². The maximum absolute atomic E-state index is 11.9. The number of hydrogen-bond acceptors (Lipinski definition) is 7. The Labute approximate surface area is 128 Å². The van der Waals surface area contributed by atoms with Gasteiger partial charge in [-0.1, -0.05) is 11.3 Å². The van der Waals surface area contributed by atoms with Crippen LogP contribution in [0.1, 0.15) is 5.69 Å².